The molecule has 2 nitrogen and oxygen atoms in total. The van der Waals surface area contributed by atoms with Gasteiger partial charge in [0.25, 0.3) is 0 Å². The highest BCUT2D eigenvalue weighted by molar-refractivity contribution is 5.78. The third-order valence-corrected chi connectivity index (χ3v) is 1.10. The zero-order chi connectivity index (χ0) is 7.98. The summed E-state index contributed by atoms with van der Waals surface area (Å²) >= 11 is 0. The van der Waals surface area contributed by atoms with Gasteiger partial charge in [0.15, 0.2) is 0 Å². The van der Waals surface area contributed by atoms with Gasteiger partial charge >= 0.3 is 0 Å². The zero-order valence-electron chi connectivity index (χ0n) is 6.59. The van der Waals surface area contributed by atoms with Crippen LogP contribution in [0.15, 0.2) is 29.4 Å². The number of nitrogens with two attached hydrogens (primary N) is 1. The van der Waals surface area contributed by atoms with E-state index in [-0.39, 0.29) is 0 Å². The molecule has 0 atom stereocenters. The van der Waals surface area contributed by atoms with Crippen molar-refractivity contribution in [3.05, 3.63) is 24.4 Å². The van der Waals surface area contributed by atoms with E-state index < -0.39 is 0 Å². The first kappa shape index (κ1) is 8.95. The molecule has 10 heavy (non-hydrogen) atoms. The summed E-state index contributed by atoms with van der Waals surface area (Å²) in [6.45, 7) is 7.44. The molecule has 0 rings (SSSR count). The first-order valence-corrected chi connectivity index (χ1v) is 3.32. The Balaban J connectivity index is 4.12. The van der Waals surface area contributed by atoms with Gasteiger partial charge in [-0.15, -0.1) is 0 Å². The maximum atomic E-state index is 5.32. The van der Waals surface area contributed by atoms with Gasteiger partial charge in [0, 0.05) is 6.20 Å². The summed E-state index contributed by atoms with van der Waals surface area (Å²) in [4.78, 5) is 3.93. The molecular weight excluding hydrogens is 124 g/mol. The highest BCUT2D eigenvalue weighted by atomic mass is 14.8. The molecule has 0 unspecified atom stereocenters. The molecular formula is C8H14N2. The molecule has 0 aliphatic rings. The van der Waals surface area contributed by atoms with E-state index in [2.05, 4.69) is 18.5 Å². The van der Waals surface area contributed by atoms with E-state index in [4.69, 9.17) is 5.73 Å². The number of allylic oxidation sites excluding steroid dienone is 2. The minimum Gasteiger partial charge on any atom is -0.387 e. The van der Waals surface area contributed by atoms with Crippen molar-refractivity contribution in [2.24, 2.45) is 10.7 Å². The molecule has 0 aliphatic heterocycles. The largest absolute Gasteiger partial charge is 0.387 e. The van der Waals surface area contributed by atoms with Crippen LogP contribution in [0.4, 0.5) is 0 Å². The molecule has 0 saturated heterocycles. The summed E-state index contributed by atoms with van der Waals surface area (Å²) in [6.07, 6.45) is 4.47. The average molecular weight is 138 g/mol. The van der Waals surface area contributed by atoms with E-state index in [0.29, 0.717) is 5.84 Å². The van der Waals surface area contributed by atoms with Crippen LogP contribution >= 0.6 is 0 Å². The molecule has 0 bridgehead atoms. The van der Waals surface area contributed by atoms with E-state index >= 15 is 0 Å². The maximum absolute atomic E-state index is 5.32. The van der Waals surface area contributed by atoms with Crippen LogP contribution in [0.5, 0.6) is 0 Å². The van der Waals surface area contributed by atoms with Gasteiger partial charge in [-0.05, 0) is 18.9 Å². The van der Waals surface area contributed by atoms with Crippen molar-refractivity contribution in [1.29, 1.82) is 0 Å². The van der Waals surface area contributed by atoms with E-state index in [1.54, 1.807) is 19.2 Å². The van der Waals surface area contributed by atoms with Crippen LogP contribution in [0.3, 0.4) is 0 Å². The Bertz CT molecular complexity index is 162. The van der Waals surface area contributed by atoms with Crippen LogP contribution in [-0.2, 0) is 0 Å². The lowest BCUT2D eigenvalue weighted by atomic mass is 10.2. The van der Waals surface area contributed by atoms with E-state index in [1.165, 1.54) is 0 Å². The van der Waals surface area contributed by atoms with Crippen molar-refractivity contribution < 1.29 is 0 Å². The fourth-order valence-corrected chi connectivity index (χ4v) is 0.473. The van der Waals surface area contributed by atoms with Crippen LogP contribution in [0.25, 0.3) is 0 Å². The molecule has 56 valence electrons. The smallest absolute Gasteiger partial charge is 0.0957 e. The first-order valence-electron chi connectivity index (χ1n) is 3.32. The van der Waals surface area contributed by atoms with Crippen molar-refractivity contribution in [3.8, 4) is 0 Å². The van der Waals surface area contributed by atoms with Crippen LogP contribution < -0.4 is 5.73 Å². The molecule has 2 N–H and O–H groups in total. The molecule has 2 heteroatoms. The summed E-state index contributed by atoms with van der Waals surface area (Å²) in [6, 6.07) is 0. The number of amidine groups is 1. The van der Waals surface area contributed by atoms with Gasteiger partial charge < -0.3 is 5.73 Å². The number of nitrogens with zero attached hydrogens (tertiary/aromatic N) is 1. The highest BCUT2D eigenvalue weighted by Crippen LogP contribution is 2.00. The van der Waals surface area contributed by atoms with Crippen molar-refractivity contribution in [1.82, 2.24) is 0 Å². The van der Waals surface area contributed by atoms with Gasteiger partial charge in [0.2, 0.25) is 0 Å². The summed E-state index contributed by atoms with van der Waals surface area (Å²) in [5, 5.41) is 0. The Labute approximate surface area is 62.1 Å². The van der Waals surface area contributed by atoms with Crippen molar-refractivity contribution >= 4 is 5.84 Å². The molecule has 0 aromatic rings. The summed E-state index contributed by atoms with van der Waals surface area (Å²) in [5.41, 5.74) is 6.42. The maximum Gasteiger partial charge on any atom is 0.0957 e. The van der Waals surface area contributed by atoms with Crippen LogP contribution in [0.1, 0.15) is 20.3 Å². The first-order chi connectivity index (χ1) is 4.70. The number of hydrogen-bond acceptors (Lipinski definition) is 1. The minimum absolute atomic E-state index is 0.577. The monoisotopic (exact) mass is 138 g/mol. The Kier molecular flexibility index (Phi) is 4.29. The van der Waals surface area contributed by atoms with Crippen LogP contribution in [0.2, 0.25) is 0 Å². The predicted octanol–water partition coefficient (Wildman–Crippen LogP) is 1.84. The van der Waals surface area contributed by atoms with Crippen molar-refractivity contribution in [2.75, 3.05) is 0 Å². The van der Waals surface area contributed by atoms with Gasteiger partial charge in [-0.25, -0.2) is 4.99 Å². The minimum atomic E-state index is 0.577. The lowest BCUT2D eigenvalue weighted by molar-refractivity contribution is 1.14. The Morgan fingerprint density at radius 1 is 1.70 bits per heavy atom. The van der Waals surface area contributed by atoms with Gasteiger partial charge in [-0.3, -0.25) is 0 Å². The lowest BCUT2D eigenvalue weighted by Gasteiger charge is -1.91. The summed E-state index contributed by atoms with van der Waals surface area (Å²) < 4.78 is 0. The van der Waals surface area contributed by atoms with Gasteiger partial charge in [-0.1, -0.05) is 19.6 Å². The predicted molar refractivity (Wildman–Crippen MR) is 45.9 cm³/mol. The molecule has 0 aromatic heterocycles. The number of hydrogen-bond donors (Lipinski definition) is 1. The van der Waals surface area contributed by atoms with Crippen molar-refractivity contribution in [2.45, 2.75) is 20.3 Å². The molecule has 0 fully saturated rings. The van der Waals surface area contributed by atoms with Crippen LogP contribution in [-0.4, -0.2) is 5.84 Å². The Morgan fingerprint density at radius 3 is 2.60 bits per heavy atom. The molecule has 0 aliphatic carbocycles. The number of aliphatic imine (C=N–C) groups is 1. The average Bonchev–Trinajstić information content (AvgIpc) is 1.90. The summed E-state index contributed by atoms with van der Waals surface area (Å²) in [5.74, 6) is 0.577. The topological polar surface area (TPSA) is 38.4 Å². The quantitative estimate of drug-likeness (QED) is 0.361. The highest BCUT2D eigenvalue weighted by Gasteiger charge is 1.82. The second kappa shape index (κ2) is 4.79. The standard InChI is InChI=1S/C8H14N2/c1-4-8(5-2)6-10-7(3)9/h4,6H,1,5H2,2-3H3,(H2,9,10)/b8-6+. The second-order valence-electron chi connectivity index (χ2n) is 2.03. The molecule has 0 amide bonds. The normalized spacial score (nSPS) is 13.4. The Hall–Kier alpha value is -1.05. The molecule has 0 heterocycles. The van der Waals surface area contributed by atoms with E-state index in [9.17, 15) is 0 Å². The fourth-order valence-electron chi connectivity index (χ4n) is 0.473. The third-order valence-electron chi connectivity index (χ3n) is 1.10. The number of rotatable bonds is 3. The van der Waals surface area contributed by atoms with E-state index in [0.717, 1.165) is 12.0 Å². The Morgan fingerprint density at radius 2 is 2.30 bits per heavy atom. The fraction of sp³-hybridized carbons (Fsp3) is 0.375. The lowest BCUT2D eigenvalue weighted by Crippen LogP contribution is -2.03. The SMILES string of the molecule is C=C/C(=C\N=C(C)N)CC. The molecule has 0 aromatic carbocycles. The van der Waals surface area contributed by atoms with E-state index in [1.807, 2.05) is 0 Å². The third kappa shape index (κ3) is 3.89. The second-order valence-corrected chi connectivity index (χ2v) is 2.03. The van der Waals surface area contributed by atoms with Gasteiger partial charge in [-0.2, -0.15) is 0 Å². The molecule has 0 spiro atoms. The zero-order valence-corrected chi connectivity index (χ0v) is 6.59. The van der Waals surface area contributed by atoms with Crippen LogP contribution in [0, 0.1) is 0 Å². The summed E-state index contributed by atoms with van der Waals surface area (Å²) in [7, 11) is 0. The van der Waals surface area contributed by atoms with Gasteiger partial charge in [0.1, 0.15) is 0 Å². The molecule has 0 saturated carbocycles. The molecule has 0 radical (unpaired) electrons. The van der Waals surface area contributed by atoms with Gasteiger partial charge in [0.05, 0.1) is 5.84 Å². The van der Waals surface area contributed by atoms with Crippen molar-refractivity contribution in [3.63, 3.8) is 0 Å².